The summed E-state index contributed by atoms with van der Waals surface area (Å²) in [7, 11) is 0. The van der Waals surface area contributed by atoms with Crippen LogP contribution < -0.4 is 5.73 Å². The standard InChI is InChI=1S/C17H17Cl2NO/c18-14-7-3-6-13(17(14)19)15(20)10-16-12-5-2-1-4-11(12)8-9-21-16/h1-7,15-16H,8-10,20H2. The molecule has 0 fully saturated rings. The molecule has 2 unspecified atom stereocenters. The van der Waals surface area contributed by atoms with E-state index in [2.05, 4.69) is 18.2 Å². The first-order valence-electron chi connectivity index (χ1n) is 7.05. The fourth-order valence-corrected chi connectivity index (χ4v) is 3.28. The van der Waals surface area contributed by atoms with Crippen LogP contribution in [-0.4, -0.2) is 6.61 Å². The molecule has 2 aromatic carbocycles. The van der Waals surface area contributed by atoms with Gasteiger partial charge >= 0.3 is 0 Å². The van der Waals surface area contributed by atoms with Crippen LogP contribution in [0.3, 0.4) is 0 Å². The van der Waals surface area contributed by atoms with E-state index in [0.29, 0.717) is 16.5 Å². The lowest BCUT2D eigenvalue weighted by Crippen LogP contribution is -2.21. The molecular formula is C17H17Cl2NO. The van der Waals surface area contributed by atoms with Gasteiger partial charge in [-0.1, -0.05) is 59.6 Å². The second-order valence-corrected chi connectivity index (χ2v) is 6.08. The van der Waals surface area contributed by atoms with Crippen molar-refractivity contribution in [3.63, 3.8) is 0 Å². The van der Waals surface area contributed by atoms with E-state index in [9.17, 15) is 0 Å². The number of hydrogen-bond acceptors (Lipinski definition) is 2. The molecule has 21 heavy (non-hydrogen) atoms. The highest BCUT2D eigenvalue weighted by atomic mass is 35.5. The Bertz CT molecular complexity index is 644. The quantitative estimate of drug-likeness (QED) is 0.889. The van der Waals surface area contributed by atoms with E-state index < -0.39 is 0 Å². The summed E-state index contributed by atoms with van der Waals surface area (Å²) in [5.74, 6) is 0. The number of benzene rings is 2. The minimum absolute atomic E-state index is 0.0139. The Labute approximate surface area is 134 Å². The zero-order valence-corrected chi connectivity index (χ0v) is 13.1. The molecule has 4 heteroatoms. The van der Waals surface area contributed by atoms with Crippen LogP contribution in [0.25, 0.3) is 0 Å². The maximum Gasteiger partial charge on any atom is 0.0845 e. The predicted octanol–water partition coefficient (Wildman–Crippen LogP) is 4.70. The van der Waals surface area contributed by atoms with Gasteiger partial charge in [0.1, 0.15) is 0 Å². The monoisotopic (exact) mass is 321 g/mol. The average Bonchev–Trinajstić information content (AvgIpc) is 2.50. The van der Waals surface area contributed by atoms with Gasteiger partial charge in [-0.3, -0.25) is 0 Å². The van der Waals surface area contributed by atoms with Crippen molar-refractivity contribution >= 4 is 23.2 Å². The largest absolute Gasteiger partial charge is 0.373 e. The molecule has 0 saturated heterocycles. The lowest BCUT2D eigenvalue weighted by molar-refractivity contribution is 0.0320. The zero-order valence-electron chi connectivity index (χ0n) is 11.6. The molecule has 2 N–H and O–H groups in total. The van der Waals surface area contributed by atoms with Gasteiger partial charge in [0.05, 0.1) is 22.8 Å². The van der Waals surface area contributed by atoms with Crippen molar-refractivity contribution in [1.82, 2.24) is 0 Å². The van der Waals surface area contributed by atoms with Crippen molar-refractivity contribution in [2.24, 2.45) is 5.73 Å². The molecule has 0 saturated carbocycles. The number of nitrogens with two attached hydrogens (primary N) is 1. The maximum atomic E-state index is 6.33. The second kappa shape index (κ2) is 6.37. The molecule has 0 amide bonds. The van der Waals surface area contributed by atoms with Crippen LogP contribution >= 0.6 is 23.2 Å². The fourth-order valence-electron chi connectivity index (χ4n) is 2.84. The number of hydrogen-bond donors (Lipinski definition) is 1. The highest BCUT2D eigenvalue weighted by molar-refractivity contribution is 6.42. The number of rotatable bonds is 3. The Hall–Kier alpha value is -1.06. The third kappa shape index (κ3) is 3.09. The first-order chi connectivity index (χ1) is 10.2. The normalized spacial score (nSPS) is 19.1. The van der Waals surface area contributed by atoms with Gasteiger partial charge in [0.2, 0.25) is 0 Å². The smallest absolute Gasteiger partial charge is 0.0845 e. The van der Waals surface area contributed by atoms with Gasteiger partial charge in [-0.25, -0.2) is 0 Å². The Morgan fingerprint density at radius 2 is 1.95 bits per heavy atom. The average molecular weight is 322 g/mol. The van der Waals surface area contributed by atoms with Crippen LogP contribution in [0.4, 0.5) is 0 Å². The van der Waals surface area contributed by atoms with Gasteiger partial charge in [0.25, 0.3) is 0 Å². The SMILES string of the molecule is NC(CC1OCCc2ccccc21)c1cccc(Cl)c1Cl. The summed E-state index contributed by atoms with van der Waals surface area (Å²) >= 11 is 12.3. The number of halogens is 2. The van der Waals surface area contributed by atoms with E-state index in [1.165, 1.54) is 11.1 Å². The first-order valence-corrected chi connectivity index (χ1v) is 7.81. The van der Waals surface area contributed by atoms with Crippen LogP contribution in [0.15, 0.2) is 42.5 Å². The van der Waals surface area contributed by atoms with Crippen molar-refractivity contribution in [3.05, 3.63) is 69.2 Å². The first kappa shape index (κ1) is 14.9. The van der Waals surface area contributed by atoms with Gasteiger partial charge in [0.15, 0.2) is 0 Å². The lowest BCUT2D eigenvalue weighted by Gasteiger charge is -2.28. The van der Waals surface area contributed by atoms with Crippen molar-refractivity contribution in [3.8, 4) is 0 Å². The van der Waals surface area contributed by atoms with Crippen LogP contribution in [0.5, 0.6) is 0 Å². The Morgan fingerprint density at radius 3 is 2.81 bits per heavy atom. The summed E-state index contributed by atoms with van der Waals surface area (Å²) in [4.78, 5) is 0. The molecule has 0 bridgehead atoms. The van der Waals surface area contributed by atoms with Gasteiger partial charge < -0.3 is 10.5 Å². The molecule has 2 nitrogen and oxygen atoms in total. The fraction of sp³-hybridized carbons (Fsp3) is 0.294. The summed E-state index contributed by atoms with van der Waals surface area (Å²) in [5, 5.41) is 1.07. The van der Waals surface area contributed by atoms with E-state index in [1.54, 1.807) is 6.07 Å². The van der Waals surface area contributed by atoms with E-state index in [1.807, 2.05) is 18.2 Å². The van der Waals surface area contributed by atoms with Gasteiger partial charge in [-0.05, 0) is 35.6 Å². The minimum atomic E-state index is -0.202. The topological polar surface area (TPSA) is 35.2 Å². The molecule has 0 spiro atoms. The van der Waals surface area contributed by atoms with E-state index in [4.69, 9.17) is 33.7 Å². The van der Waals surface area contributed by atoms with Crippen molar-refractivity contribution < 1.29 is 4.74 Å². The Balaban J connectivity index is 1.83. The molecule has 0 aromatic heterocycles. The molecule has 0 aliphatic carbocycles. The lowest BCUT2D eigenvalue weighted by atomic mass is 9.92. The van der Waals surface area contributed by atoms with Crippen LogP contribution in [0.2, 0.25) is 10.0 Å². The third-order valence-corrected chi connectivity index (χ3v) is 4.77. The molecule has 1 heterocycles. The van der Waals surface area contributed by atoms with Crippen LogP contribution in [-0.2, 0) is 11.2 Å². The molecule has 110 valence electrons. The molecule has 3 rings (SSSR count). The molecular weight excluding hydrogens is 305 g/mol. The van der Waals surface area contributed by atoms with Crippen LogP contribution in [0.1, 0.15) is 35.3 Å². The summed E-state index contributed by atoms with van der Waals surface area (Å²) < 4.78 is 5.91. The molecule has 2 aromatic rings. The van der Waals surface area contributed by atoms with Crippen molar-refractivity contribution in [1.29, 1.82) is 0 Å². The van der Waals surface area contributed by atoms with Crippen LogP contribution in [0, 0.1) is 0 Å². The van der Waals surface area contributed by atoms with E-state index in [-0.39, 0.29) is 12.1 Å². The molecule has 1 aliphatic heterocycles. The van der Waals surface area contributed by atoms with E-state index >= 15 is 0 Å². The Kier molecular flexibility index (Phi) is 4.51. The van der Waals surface area contributed by atoms with E-state index in [0.717, 1.165) is 18.6 Å². The maximum absolute atomic E-state index is 6.33. The number of ether oxygens (including phenoxy) is 1. The second-order valence-electron chi connectivity index (χ2n) is 5.29. The summed E-state index contributed by atoms with van der Waals surface area (Å²) in [6.07, 6.45) is 1.66. The summed E-state index contributed by atoms with van der Waals surface area (Å²) in [6.45, 7) is 0.734. The van der Waals surface area contributed by atoms with Gasteiger partial charge in [-0.15, -0.1) is 0 Å². The Morgan fingerprint density at radius 1 is 1.14 bits per heavy atom. The zero-order chi connectivity index (χ0) is 14.8. The summed E-state index contributed by atoms with van der Waals surface area (Å²) in [6, 6.07) is 13.7. The molecule has 1 aliphatic rings. The number of fused-ring (bicyclic) bond motifs is 1. The van der Waals surface area contributed by atoms with Gasteiger partial charge in [0, 0.05) is 6.04 Å². The minimum Gasteiger partial charge on any atom is -0.373 e. The highest BCUT2D eigenvalue weighted by Gasteiger charge is 2.24. The van der Waals surface area contributed by atoms with Gasteiger partial charge in [-0.2, -0.15) is 0 Å². The van der Waals surface area contributed by atoms with Crippen molar-refractivity contribution in [2.75, 3.05) is 6.61 Å². The molecule has 0 radical (unpaired) electrons. The third-order valence-electron chi connectivity index (χ3n) is 3.94. The highest BCUT2D eigenvalue weighted by Crippen LogP contribution is 2.36. The predicted molar refractivity (Wildman–Crippen MR) is 86.8 cm³/mol. The summed E-state index contributed by atoms with van der Waals surface area (Å²) in [5.41, 5.74) is 9.78. The molecule has 2 atom stereocenters. The van der Waals surface area contributed by atoms with Crippen molar-refractivity contribution in [2.45, 2.75) is 25.0 Å².